The Balaban J connectivity index is 1.85. The second kappa shape index (κ2) is 5.81. The average molecular weight is 350 g/mol. The summed E-state index contributed by atoms with van der Waals surface area (Å²) in [5.74, 6) is 0.731. The summed E-state index contributed by atoms with van der Waals surface area (Å²) in [5, 5.41) is 17.0. The molecule has 2 aromatic heterocycles. The van der Waals surface area contributed by atoms with Crippen LogP contribution in [0.3, 0.4) is 0 Å². The maximum absolute atomic E-state index is 12.0. The normalized spacial score (nSPS) is 10.8. The van der Waals surface area contributed by atoms with Gasteiger partial charge < -0.3 is 9.94 Å². The first-order valence-corrected chi connectivity index (χ1v) is 7.94. The van der Waals surface area contributed by atoms with E-state index in [2.05, 4.69) is 32.8 Å². The Labute approximate surface area is 129 Å². The van der Waals surface area contributed by atoms with Gasteiger partial charge in [-0.05, 0) is 28.5 Å². The highest BCUT2D eigenvalue weighted by Gasteiger charge is 2.13. The van der Waals surface area contributed by atoms with Crippen LogP contribution in [0.2, 0.25) is 0 Å². The maximum atomic E-state index is 12.0. The van der Waals surface area contributed by atoms with Crippen LogP contribution in [-0.2, 0) is 6.42 Å². The van der Waals surface area contributed by atoms with E-state index < -0.39 is 0 Å². The van der Waals surface area contributed by atoms with Gasteiger partial charge in [0.1, 0.15) is 5.75 Å². The van der Waals surface area contributed by atoms with Gasteiger partial charge in [-0.3, -0.25) is 0 Å². The van der Waals surface area contributed by atoms with Gasteiger partial charge in [0.05, 0.1) is 18.1 Å². The predicted molar refractivity (Wildman–Crippen MR) is 84.1 cm³/mol. The topological polar surface area (TPSA) is 36.2 Å². The van der Waals surface area contributed by atoms with Gasteiger partial charge in [0.2, 0.25) is 5.52 Å². The number of nitrogens with zero attached hydrogens (tertiary/aromatic N) is 1. The summed E-state index contributed by atoms with van der Waals surface area (Å²) in [7, 11) is 0. The molecule has 3 nitrogen and oxygen atoms in total. The van der Waals surface area contributed by atoms with Crippen LogP contribution < -0.4 is 9.47 Å². The largest absolute Gasteiger partial charge is 0.617 e. The van der Waals surface area contributed by atoms with Crippen molar-refractivity contribution in [3.8, 4) is 5.75 Å². The fourth-order valence-corrected chi connectivity index (χ4v) is 3.15. The summed E-state index contributed by atoms with van der Waals surface area (Å²) in [4.78, 5) is 0. The van der Waals surface area contributed by atoms with Crippen LogP contribution in [0, 0.1) is 5.21 Å². The number of thiophene rings is 1. The molecule has 0 bridgehead atoms. The van der Waals surface area contributed by atoms with Crippen molar-refractivity contribution in [2.45, 2.75) is 6.42 Å². The number of hydrogen-bond donors (Lipinski definition) is 0. The van der Waals surface area contributed by atoms with Crippen molar-refractivity contribution in [2.75, 3.05) is 6.61 Å². The van der Waals surface area contributed by atoms with Crippen molar-refractivity contribution < 1.29 is 9.47 Å². The van der Waals surface area contributed by atoms with Crippen molar-refractivity contribution in [1.29, 1.82) is 0 Å². The highest BCUT2D eigenvalue weighted by atomic mass is 79.9. The number of ether oxygens (including phenoxy) is 1. The quantitative estimate of drug-likeness (QED) is 0.406. The Bertz CT molecular complexity index is 728. The number of aromatic nitrogens is 1. The highest BCUT2D eigenvalue weighted by molar-refractivity contribution is 9.10. The lowest BCUT2D eigenvalue weighted by Gasteiger charge is -2.10. The summed E-state index contributed by atoms with van der Waals surface area (Å²) >= 11 is 4.96. The summed E-state index contributed by atoms with van der Waals surface area (Å²) in [6.07, 6.45) is 0.863. The molecular formula is C15H12BrNO2S. The third-order valence-corrected chi connectivity index (χ3v) is 4.34. The Morgan fingerprint density at radius 3 is 2.90 bits per heavy atom. The Morgan fingerprint density at radius 2 is 2.10 bits per heavy atom. The molecule has 5 heteroatoms. The molecule has 0 radical (unpaired) electrons. The van der Waals surface area contributed by atoms with E-state index in [0.29, 0.717) is 16.7 Å². The number of para-hydroxylation sites is 1. The minimum absolute atomic E-state index is 0.460. The number of hydrogen-bond acceptors (Lipinski definition) is 3. The summed E-state index contributed by atoms with van der Waals surface area (Å²) in [6.45, 7) is 0.593. The average Bonchev–Trinajstić information content (AvgIpc) is 2.97. The third kappa shape index (κ3) is 2.64. The molecule has 0 saturated carbocycles. The van der Waals surface area contributed by atoms with Gasteiger partial charge in [-0.2, -0.15) is 16.1 Å². The van der Waals surface area contributed by atoms with Gasteiger partial charge in [-0.15, -0.1) is 0 Å². The molecule has 0 aliphatic heterocycles. The molecule has 0 saturated heterocycles. The monoisotopic (exact) mass is 349 g/mol. The molecule has 0 amide bonds. The van der Waals surface area contributed by atoms with Gasteiger partial charge >= 0.3 is 0 Å². The van der Waals surface area contributed by atoms with Gasteiger partial charge in [0, 0.05) is 28.4 Å². The molecule has 3 rings (SSSR count). The minimum Gasteiger partial charge on any atom is -0.617 e. The second-order valence-corrected chi connectivity index (χ2v) is 5.97. The van der Waals surface area contributed by atoms with E-state index in [9.17, 15) is 5.21 Å². The molecule has 3 aromatic rings. The van der Waals surface area contributed by atoms with Crippen LogP contribution >= 0.6 is 27.3 Å². The summed E-state index contributed by atoms with van der Waals surface area (Å²) in [6, 6.07) is 11.3. The van der Waals surface area contributed by atoms with Crippen molar-refractivity contribution >= 4 is 38.2 Å². The lowest BCUT2D eigenvalue weighted by atomic mass is 10.2. The molecule has 0 fully saturated rings. The van der Waals surface area contributed by atoms with Crippen molar-refractivity contribution in [1.82, 2.24) is 0 Å². The fourth-order valence-electron chi connectivity index (χ4n) is 2.05. The maximum Gasteiger partial charge on any atom is 0.263 e. The summed E-state index contributed by atoms with van der Waals surface area (Å²) < 4.78 is 7.17. The van der Waals surface area contributed by atoms with Crippen molar-refractivity contribution in [2.24, 2.45) is 0 Å². The zero-order valence-corrected chi connectivity index (χ0v) is 13.0. The van der Waals surface area contributed by atoms with Crippen molar-refractivity contribution in [3.63, 3.8) is 0 Å². The van der Waals surface area contributed by atoms with Crippen LogP contribution in [0.1, 0.15) is 5.56 Å². The summed E-state index contributed by atoms with van der Waals surface area (Å²) in [5.41, 5.74) is 1.88. The standard InChI is InChI=1S/C15H12BrNO2S/c16-15-9-14(19-7-5-11-6-8-20-10-11)12-3-1-2-4-13(12)17(15)18/h1-4,6,8-10H,5,7H2. The van der Waals surface area contributed by atoms with Gasteiger partial charge in [-0.25, -0.2) is 0 Å². The zero-order valence-electron chi connectivity index (χ0n) is 10.6. The molecule has 0 aliphatic carbocycles. The fraction of sp³-hybridized carbons (Fsp3) is 0.133. The molecule has 0 N–H and O–H groups in total. The van der Waals surface area contributed by atoms with Crippen LogP contribution in [0.25, 0.3) is 10.9 Å². The molecule has 102 valence electrons. The van der Waals surface area contributed by atoms with Crippen LogP contribution in [0.15, 0.2) is 51.8 Å². The molecule has 0 atom stereocenters. The van der Waals surface area contributed by atoms with Gasteiger partial charge in [0.25, 0.3) is 4.60 Å². The Hall–Kier alpha value is -1.59. The zero-order chi connectivity index (χ0) is 13.9. The number of pyridine rings is 1. The smallest absolute Gasteiger partial charge is 0.263 e. The van der Waals surface area contributed by atoms with E-state index in [-0.39, 0.29) is 0 Å². The molecule has 1 aromatic carbocycles. The SMILES string of the molecule is [O-][n+]1c(Br)cc(OCCc2ccsc2)c2ccccc21. The van der Waals surface area contributed by atoms with E-state index in [1.54, 1.807) is 23.5 Å². The molecule has 20 heavy (non-hydrogen) atoms. The molecule has 0 aliphatic rings. The molecule has 0 spiro atoms. The first-order valence-electron chi connectivity index (χ1n) is 6.20. The Kier molecular flexibility index (Phi) is 3.89. The van der Waals surface area contributed by atoms with E-state index in [1.165, 1.54) is 5.56 Å². The number of benzene rings is 1. The van der Waals surface area contributed by atoms with Crippen LogP contribution in [0.4, 0.5) is 0 Å². The Morgan fingerprint density at radius 1 is 1.25 bits per heavy atom. The first kappa shape index (κ1) is 13.4. The van der Waals surface area contributed by atoms with Crippen LogP contribution in [0.5, 0.6) is 5.75 Å². The first-order chi connectivity index (χ1) is 9.75. The van der Waals surface area contributed by atoms with Gasteiger partial charge in [-0.1, -0.05) is 12.1 Å². The molecule has 2 heterocycles. The predicted octanol–water partition coefficient (Wildman–Crippen LogP) is 3.92. The number of fused-ring (bicyclic) bond motifs is 1. The van der Waals surface area contributed by atoms with E-state index in [1.807, 2.05) is 18.2 Å². The number of rotatable bonds is 4. The van der Waals surface area contributed by atoms with E-state index in [0.717, 1.165) is 22.3 Å². The minimum atomic E-state index is 0.460. The highest BCUT2D eigenvalue weighted by Crippen LogP contribution is 2.26. The lowest BCUT2D eigenvalue weighted by molar-refractivity contribution is -0.589. The lowest BCUT2D eigenvalue weighted by Crippen LogP contribution is -2.28. The number of halogens is 1. The van der Waals surface area contributed by atoms with E-state index >= 15 is 0 Å². The van der Waals surface area contributed by atoms with Gasteiger partial charge in [0.15, 0.2) is 0 Å². The van der Waals surface area contributed by atoms with Crippen molar-refractivity contribution in [3.05, 3.63) is 62.5 Å². The van der Waals surface area contributed by atoms with E-state index in [4.69, 9.17) is 4.74 Å². The molecule has 0 unspecified atom stereocenters. The second-order valence-electron chi connectivity index (χ2n) is 4.37. The van der Waals surface area contributed by atoms with Crippen LogP contribution in [-0.4, -0.2) is 6.61 Å². The third-order valence-electron chi connectivity index (χ3n) is 3.06. The molecular weight excluding hydrogens is 338 g/mol.